The van der Waals surface area contributed by atoms with Gasteiger partial charge in [-0.3, -0.25) is 0 Å². The summed E-state index contributed by atoms with van der Waals surface area (Å²) < 4.78 is 0. The summed E-state index contributed by atoms with van der Waals surface area (Å²) in [5, 5.41) is 8.07. The summed E-state index contributed by atoms with van der Waals surface area (Å²) >= 11 is 1.58. The molecule has 8 heavy (non-hydrogen) atoms. The lowest BCUT2D eigenvalue weighted by atomic mass is 10.4. The molecule has 0 heterocycles. The highest BCUT2D eigenvalue weighted by atomic mass is 32.2. The Morgan fingerprint density at radius 1 is 1.88 bits per heavy atom. The van der Waals surface area contributed by atoms with Crippen molar-refractivity contribution in [3.63, 3.8) is 0 Å². The minimum atomic E-state index is 0.216. The molecule has 46 valence electrons. The second kappa shape index (κ2) is 4.95. The van der Waals surface area contributed by atoms with E-state index in [1.807, 2.05) is 13.0 Å². The Labute approximate surface area is 54.1 Å². The van der Waals surface area contributed by atoms with Gasteiger partial charge in [-0.05, 0) is 6.92 Å². The van der Waals surface area contributed by atoms with E-state index < -0.39 is 0 Å². The van der Waals surface area contributed by atoms with Crippen molar-refractivity contribution in [2.45, 2.75) is 13.0 Å². The Morgan fingerprint density at radius 2 is 2.50 bits per heavy atom. The third kappa shape index (κ3) is 5.80. The van der Waals surface area contributed by atoms with Crippen LogP contribution in [0, 0.1) is 11.3 Å². The van der Waals surface area contributed by atoms with E-state index in [0.717, 1.165) is 5.75 Å². The molecule has 0 fully saturated rings. The predicted octanol–water partition coefficient (Wildman–Crippen LogP) is 0.590. The Bertz CT molecular complexity index is 84.9. The van der Waals surface area contributed by atoms with Gasteiger partial charge in [0.2, 0.25) is 0 Å². The van der Waals surface area contributed by atoms with E-state index in [4.69, 9.17) is 11.0 Å². The van der Waals surface area contributed by atoms with Crippen molar-refractivity contribution in [1.29, 1.82) is 5.26 Å². The van der Waals surface area contributed by atoms with Crippen LogP contribution < -0.4 is 5.73 Å². The molecule has 0 spiro atoms. The fourth-order valence-electron chi connectivity index (χ4n) is 0.290. The zero-order chi connectivity index (χ0) is 6.41. The van der Waals surface area contributed by atoms with Gasteiger partial charge in [0, 0.05) is 11.8 Å². The van der Waals surface area contributed by atoms with Crippen LogP contribution in [0.1, 0.15) is 6.92 Å². The molecule has 0 aliphatic heterocycles. The molecule has 1 atom stereocenters. The second-order valence-corrected chi connectivity index (χ2v) is 2.68. The molecule has 0 aromatic carbocycles. The second-order valence-electron chi connectivity index (χ2n) is 1.65. The van der Waals surface area contributed by atoms with Crippen LogP contribution in [0.15, 0.2) is 0 Å². The summed E-state index contributed by atoms with van der Waals surface area (Å²) in [5.41, 5.74) is 5.40. The maximum atomic E-state index is 8.07. The number of rotatable bonds is 3. The summed E-state index contributed by atoms with van der Waals surface area (Å²) in [7, 11) is 0. The van der Waals surface area contributed by atoms with E-state index in [1.165, 1.54) is 0 Å². The van der Waals surface area contributed by atoms with Gasteiger partial charge >= 0.3 is 0 Å². The van der Waals surface area contributed by atoms with Crippen molar-refractivity contribution in [1.82, 2.24) is 0 Å². The highest BCUT2D eigenvalue weighted by molar-refractivity contribution is 7.99. The fraction of sp³-hybridized carbons (Fsp3) is 0.800. The van der Waals surface area contributed by atoms with Crippen molar-refractivity contribution >= 4 is 11.8 Å². The SMILES string of the molecule is CC(N)CSCC#N. The predicted molar refractivity (Wildman–Crippen MR) is 36.6 cm³/mol. The molecule has 0 saturated heterocycles. The smallest absolute Gasteiger partial charge is 0.0808 e. The molecule has 3 heteroatoms. The molecule has 1 unspecified atom stereocenters. The van der Waals surface area contributed by atoms with Gasteiger partial charge in [0.1, 0.15) is 0 Å². The molecule has 0 saturated carbocycles. The minimum Gasteiger partial charge on any atom is -0.327 e. The third-order valence-electron chi connectivity index (χ3n) is 0.547. The number of hydrogen-bond acceptors (Lipinski definition) is 3. The zero-order valence-corrected chi connectivity index (χ0v) is 5.74. The minimum absolute atomic E-state index is 0.216. The van der Waals surface area contributed by atoms with Gasteiger partial charge in [-0.15, -0.1) is 11.8 Å². The van der Waals surface area contributed by atoms with Crippen LogP contribution in [-0.2, 0) is 0 Å². The average molecular weight is 130 g/mol. The Hall–Kier alpha value is -0.200. The standard InChI is InChI=1S/C5H10N2S/c1-5(7)4-8-3-2-6/h5H,3-4,7H2,1H3. The first-order valence-corrected chi connectivity index (χ1v) is 3.63. The molecule has 2 N–H and O–H groups in total. The average Bonchev–Trinajstić information content (AvgIpc) is 1.66. The van der Waals surface area contributed by atoms with E-state index >= 15 is 0 Å². The normalized spacial score (nSPS) is 12.6. The molecule has 0 aliphatic rings. The molecular formula is C5H10N2S. The topological polar surface area (TPSA) is 49.8 Å². The summed E-state index contributed by atoms with van der Waals surface area (Å²) in [5.74, 6) is 1.44. The van der Waals surface area contributed by atoms with Gasteiger partial charge in [0.05, 0.1) is 11.8 Å². The van der Waals surface area contributed by atoms with Crippen LogP contribution in [0.5, 0.6) is 0 Å². The molecular weight excluding hydrogens is 120 g/mol. The molecule has 0 aliphatic carbocycles. The van der Waals surface area contributed by atoms with Crippen LogP contribution in [0.4, 0.5) is 0 Å². The maximum Gasteiger partial charge on any atom is 0.0808 e. The van der Waals surface area contributed by atoms with E-state index in [2.05, 4.69) is 0 Å². The van der Waals surface area contributed by atoms with E-state index in [0.29, 0.717) is 5.75 Å². The fourth-order valence-corrected chi connectivity index (χ4v) is 0.871. The molecule has 0 aromatic rings. The molecule has 0 radical (unpaired) electrons. The molecule has 0 amide bonds. The largest absolute Gasteiger partial charge is 0.327 e. The van der Waals surface area contributed by atoms with Crippen LogP contribution in [-0.4, -0.2) is 17.5 Å². The number of hydrogen-bond donors (Lipinski definition) is 1. The number of thioether (sulfide) groups is 1. The summed E-state index contributed by atoms with van der Waals surface area (Å²) in [6.45, 7) is 1.93. The van der Waals surface area contributed by atoms with Crippen molar-refractivity contribution in [3.05, 3.63) is 0 Å². The van der Waals surface area contributed by atoms with Crippen molar-refractivity contribution < 1.29 is 0 Å². The van der Waals surface area contributed by atoms with E-state index in [1.54, 1.807) is 11.8 Å². The Balaban J connectivity index is 2.85. The zero-order valence-electron chi connectivity index (χ0n) is 4.92. The third-order valence-corrected chi connectivity index (χ3v) is 1.64. The summed E-state index contributed by atoms with van der Waals surface area (Å²) in [4.78, 5) is 0. The van der Waals surface area contributed by atoms with Crippen LogP contribution in [0.3, 0.4) is 0 Å². The molecule has 0 bridgehead atoms. The maximum absolute atomic E-state index is 8.07. The van der Waals surface area contributed by atoms with Crippen LogP contribution in [0.25, 0.3) is 0 Å². The first kappa shape index (κ1) is 7.80. The Morgan fingerprint density at radius 3 is 2.88 bits per heavy atom. The monoisotopic (exact) mass is 130 g/mol. The van der Waals surface area contributed by atoms with Crippen molar-refractivity contribution in [3.8, 4) is 6.07 Å². The Kier molecular flexibility index (Phi) is 4.82. The highest BCUT2D eigenvalue weighted by Gasteiger charge is 1.90. The number of nitrogens with two attached hydrogens (primary N) is 1. The van der Waals surface area contributed by atoms with E-state index in [-0.39, 0.29) is 6.04 Å². The lowest BCUT2D eigenvalue weighted by Crippen LogP contribution is -2.17. The van der Waals surface area contributed by atoms with Crippen LogP contribution in [0.2, 0.25) is 0 Å². The highest BCUT2D eigenvalue weighted by Crippen LogP contribution is 1.98. The van der Waals surface area contributed by atoms with Gasteiger partial charge in [-0.1, -0.05) is 0 Å². The first-order valence-electron chi connectivity index (χ1n) is 2.47. The molecule has 2 nitrogen and oxygen atoms in total. The quantitative estimate of drug-likeness (QED) is 0.569. The summed E-state index contributed by atoms with van der Waals surface area (Å²) in [6.07, 6.45) is 0. The number of nitrogens with zero attached hydrogens (tertiary/aromatic N) is 1. The summed E-state index contributed by atoms with van der Waals surface area (Å²) in [6, 6.07) is 2.25. The van der Waals surface area contributed by atoms with Crippen LogP contribution >= 0.6 is 11.8 Å². The van der Waals surface area contributed by atoms with Gasteiger partial charge in [0.25, 0.3) is 0 Å². The number of nitriles is 1. The van der Waals surface area contributed by atoms with Gasteiger partial charge in [0.15, 0.2) is 0 Å². The molecule has 0 aromatic heterocycles. The van der Waals surface area contributed by atoms with Crippen molar-refractivity contribution in [2.24, 2.45) is 5.73 Å². The van der Waals surface area contributed by atoms with E-state index in [9.17, 15) is 0 Å². The lowest BCUT2D eigenvalue weighted by Gasteiger charge is -1.98. The van der Waals surface area contributed by atoms with Gasteiger partial charge < -0.3 is 5.73 Å². The lowest BCUT2D eigenvalue weighted by molar-refractivity contribution is 0.848. The van der Waals surface area contributed by atoms with Gasteiger partial charge in [-0.25, -0.2) is 0 Å². The molecule has 0 rings (SSSR count). The van der Waals surface area contributed by atoms with Crippen molar-refractivity contribution in [2.75, 3.05) is 11.5 Å². The first-order chi connectivity index (χ1) is 3.77. The van der Waals surface area contributed by atoms with Gasteiger partial charge in [-0.2, -0.15) is 5.26 Å².